The number of rotatable bonds is 5. The number of pyridine rings is 1. The Balaban J connectivity index is 1.82. The highest BCUT2D eigenvalue weighted by atomic mass is 16.5. The second-order valence-electron chi connectivity index (χ2n) is 5.66. The molecule has 3 heterocycles. The molecule has 0 radical (unpaired) electrons. The molecule has 8 nitrogen and oxygen atoms in total. The normalized spacial score (nSPS) is 16.9. The standard InChI is InChI=1S/C15H19N5O3/c1-10-19-13(23-20-10)11-3-2-6-17-12(11)18-9-15(14(16)21)4-7-22-8-5-15/h2-3,6H,4-5,7-9H2,1H3,(H2,16,21)(H,17,18). The number of aryl methyl sites for hydroxylation is 1. The first kappa shape index (κ1) is 15.4. The van der Waals surface area contributed by atoms with E-state index in [1.807, 2.05) is 6.07 Å². The first-order chi connectivity index (χ1) is 11.1. The molecule has 23 heavy (non-hydrogen) atoms. The van der Waals surface area contributed by atoms with Gasteiger partial charge in [0, 0.05) is 26.0 Å². The van der Waals surface area contributed by atoms with Crippen LogP contribution in [-0.4, -0.2) is 40.8 Å². The Morgan fingerprint density at radius 1 is 1.43 bits per heavy atom. The Hall–Kier alpha value is -2.48. The number of aromatic nitrogens is 3. The third-order valence-corrected chi connectivity index (χ3v) is 4.13. The van der Waals surface area contributed by atoms with Crippen LogP contribution >= 0.6 is 0 Å². The molecule has 0 aromatic carbocycles. The van der Waals surface area contributed by atoms with E-state index in [-0.39, 0.29) is 5.91 Å². The van der Waals surface area contributed by atoms with Crippen molar-refractivity contribution in [2.45, 2.75) is 19.8 Å². The molecule has 0 spiro atoms. The minimum atomic E-state index is -0.627. The second-order valence-corrected chi connectivity index (χ2v) is 5.66. The molecule has 1 aliphatic heterocycles. The molecule has 0 saturated carbocycles. The Morgan fingerprint density at radius 2 is 2.22 bits per heavy atom. The van der Waals surface area contributed by atoms with Gasteiger partial charge >= 0.3 is 0 Å². The first-order valence-corrected chi connectivity index (χ1v) is 7.48. The van der Waals surface area contributed by atoms with Crippen molar-refractivity contribution in [2.24, 2.45) is 11.1 Å². The van der Waals surface area contributed by atoms with Crippen LogP contribution in [0.15, 0.2) is 22.9 Å². The van der Waals surface area contributed by atoms with E-state index in [1.54, 1.807) is 19.2 Å². The molecule has 0 bridgehead atoms. The molecular formula is C15H19N5O3. The Bertz CT molecular complexity index is 694. The van der Waals surface area contributed by atoms with Crippen molar-refractivity contribution in [1.82, 2.24) is 15.1 Å². The highest BCUT2D eigenvalue weighted by molar-refractivity contribution is 5.82. The molecule has 1 fully saturated rings. The Kier molecular flexibility index (Phi) is 4.24. The molecule has 1 saturated heterocycles. The number of ether oxygens (including phenoxy) is 1. The smallest absolute Gasteiger partial charge is 0.261 e. The monoisotopic (exact) mass is 317 g/mol. The summed E-state index contributed by atoms with van der Waals surface area (Å²) in [4.78, 5) is 20.5. The van der Waals surface area contributed by atoms with Crippen LogP contribution in [0.3, 0.4) is 0 Å². The number of hydrogen-bond acceptors (Lipinski definition) is 7. The molecule has 3 N–H and O–H groups in total. The summed E-state index contributed by atoms with van der Waals surface area (Å²) in [7, 11) is 0. The van der Waals surface area contributed by atoms with Gasteiger partial charge < -0.3 is 20.3 Å². The zero-order chi connectivity index (χ0) is 16.3. The van der Waals surface area contributed by atoms with Crippen molar-refractivity contribution in [3.05, 3.63) is 24.2 Å². The predicted molar refractivity (Wildman–Crippen MR) is 82.4 cm³/mol. The molecule has 2 aromatic rings. The summed E-state index contributed by atoms with van der Waals surface area (Å²) in [6, 6.07) is 3.63. The highest BCUT2D eigenvalue weighted by Crippen LogP contribution is 2.32. The molecule has 0 atom stereocenters. The van der Waals surface area contributed by atoms with Crippen LogP contribution in [0, 0.1) is 12.3 Å². The highest BCUT2D eigenvalue weighted by Gasteiger charge is 2.38. The van der Waals surface area contributed by atoms with E-state index in [9.17, 15) is 4.79 Å². The summed E-state index contributed by atoms with van der Waals surface area (Å²) in [6.45, 7) is 3.20. The van der Waals surface area contributed by atoms with E-state index >= 15 is 0 Å². The lowest BCUT2D eigenvalue weighted by atomic mass is 9.79. The number of primary amides is 1. The summed E-state index contributed by atoms with van der Waals surface area (Å²) in [5, 5.41) is 7.01. The first-order valence-electron chi connectivity index (χ1n) is 7.48. The van der Waals surface area contributed by atoms with Crippen LogP contribution < -0.4 is 11.1 Å². The number of nitrogens with zero attached hydrogens (tertiary/aromatic N) is 3. The van der Waals surface area contributed by atoms with Crippen molar-refractivity contribution in [3.8, 4) is 11.5 Å². The van der Waals surface area contributed by atoms with Crippen LogP contribution in [0.5, 0.6) is 0 Å². The topological polar surface area (TPSA) is 116 Å². The minimum Gasteiger partial charge on any atom is -0.381 e. The lowest BCUT2D eigenvalue weighted by molar-refractivity contribution is -0.132. The zero-order valence-corrected chi connectivity index (χ0v) is 12.9. The minimum absolute atomic E-state index is 0.320. The largest absolute Gasteiger partial charge is 0.381 e. The van der Waals surface area contributed by atoms with E-state index in [0.29, 0.717) is 55.7 Å². The van der Waals surface area contributed by atoms with Gasteiger partial charge in [-0.1, -0.05) is 5.16 Å². The molecule has 3 rings (SSSR count). The van der Waals surface area contributed by atoms with E-state index in [0.717, 1.165) is 0 Å². The van der Waals surface area contributed by atoms with Crippen LogP contribution in [-0.2, 0) is 9.53 Å². The van der Waals surface area contributed by atoms with E-state index in [1.165, 1.54) is 0 Å². The van der Waals surface area contributed by atoms with Crippen molar-refractivity contribution in [1.29, 1.82) is 0 Å². The second kappa shape index (κ2) is 6.33. The molecule has 8 heteroatoms. The summed E-state index contributed by atoms with van der Waals surface area (Å²) in [6.07, 6.45) is 2.85. The number of nitrogens with two attached hydrogens (primary N) is 1. The average molecular weight is 317 g/mol. The van der Waals surface area contributed by atoms with Gasteiger partial charge in [0.2, 0.25) is 5.91 Å². The lowest BCUT2D eigenvalue weighted by Gasteiger charge is -2.34. The molecule has 0 aliphatic carbocycles. The quantitative estimate of drug-likeness (QED) is 0.849. The van der Waals surface area contributed by atoms with E-state index in [4.69, 9.17) is 15.0 Å². The Morgan fingerprint density at radius 3 is 2.87 bits per heavy atom. The molecule has 0 unspecified atom stereocenters. The third kappa shape index (κ3) is 3.16. The van der Waals surface area contributed by atoms with Crippen molar-refractivity contribution in [2.75, 3.05) is 25.1 Å². The van der Waals surface area contributed by atoms with Gasteiger partial charge in [-0.3, -0.25) is 4.79 Å². The van der Waals surface area contributed by atoms with Gasteiger partial charge in [-0.05, 0) is 31.9 Å². The van der Waals surface area contributed by atoms with Crippen molar-refractivity contribution >= 4 is 11.7 Å². The fourth-order valence-corrected chi connectivity index (χ4v) is 2.65. The van der Waals surface area contributed by atoms with Gasteiger partial charge in [-0.25, -0.2) is 4.98 Å². The molecule has 2 aromatic heterocycles. The summed E-state index contributed by atoms with van der Waals surface area (Å²) in [5.74, 6) is 1.20. The fourth-order valence-electron chi connectivity index (χ4n) is 2.65. The number of carbonyl (C=O) groups is 1. The van der Waals surface area contributed by atoms with Crippen LogP contribution in [0.4, 0.5) is 5.82 Å². The number of amides is 1. The van der Waals surface area contributed by atoms with Crippen LogP contribution in [0.1, 0.15) is 18.7 Å². The number of anilines is 1. The molecule has 122 valence electrons. The van der Waals surface area contributed by atoms with Gasteiger partial charge in [0.15, 0.2) is 5.82 Å². The van der Waals surface area contributed by atoms with E-state index < -0.39 is 5.41 Å². The fraction of sp³-hybridized carbons (Fsp3) is 0.467. The maximum atomic E-state index is 11.9. The van der Waals surface area contributed by atoms with Gasteiger partial charge in [-0.2, -0.15) is 4.98 Å². The number of carbonyl (C=O) groups excluding carboxylic acids is 1. The summed E-state index contributed by atoms with van der Waals surface area (Å²) in [5.41, 5.74) is 5.69. The molecule has 1 aliphatic rings. The van der Waals surface area contributed by atoms with Gasteiger partial charge in [0.05, 0.1) is 11.0 Å². The third-order valence-electron chi connectivity index (χ3n) is 4.13. The van der Waals surface area contributed by atoms with Crippen molar-refractivity contribution in [3.63, 3.8) is 0 Å². The molecular weight excluding hydrogens is 298 g/mol. The summed E-state index contributed by atoms with van der Waals surface area (Å²) >= 11 is 0. The SMILES string of the molecule is Cc1noc(-c2cccnc2NCC2(C(N)=O)CCOCC2)n1. The van der Waals surface area contributed by atoms with Crippen LogP contribution in [0.2, 0.25) is 0 Å². The lowest BCUT2D eigenvalue weighted by Crippen LogP contribution is -2.46. The average Bonchev–Trinajstić information content (AvgIpc) is 3.00. The summed E-state index contributed by atoms with van der Waals surface area (Å²) < 4.78 is 10.5. The Labute approximate surface area is 133 Å². The number of nitrogens with one attached hydrogen (secondary N) is 1. The molecule has 1 amide bonds. The van der Waals surface area contributed by atoms with E-state index in [2.05, 4.69) is 20.4 Å². The van der Waals surface area contributed by atoms with Crippen molar-refractivity contribution < 1.29 is 14.1 Å². The maximum Gasteiger partial charge on any atom is 0.261 e. The van der Waals surface area contributed by atoms with Gasteiger partial charge in [-0.15, -0.1) is 0 Å². The zero-order valence-electron chi connectivity index (χ0n) is 12.9. The van der Waals surface area contributed by atoms with Gasteiger partial charge in [0.1, 0.15) is 5.82 Å². The predicted octanol–water partition coefficient (Wildman–Crippen LogP) is 1.13. The van der Waals surface area contributed by atoms with Gasteiger partial charge in [0.25, 0.3) is 5.89 Å². The maximum absolute atomic E-state index is 11.9. The van der Waals surface area contributed by atoms with Crippen LogP contribution in [0.25, 0.3) is 11.5 Å². The number of hydrogen-bond donors (Lipinski definition) is 2.